The molecule has 14 heteroatoms. The quantitative estimate of drug-likeness (QED) is 0.116. The Hall–Kier alpha value is -5.14. The summed E-state index contributed by atoms with van der Waals surface area (Å²) in [5.74, 6) is -5.89. The van der Waals surface area contributed by atoms with Crippen molar-refractivity contribution in [1.29, 1.82) is 0 Å². The van der Waals surface area contributed by atoms with E-state index in [1.807, 2.05) is 0 Å². The lowest BCUT2D eigenvalue weighted by Gasteiger charge is -2.43. The molecule has 8 nitrogen and oxygen atoms in total. The van der Waals surface area contributed by atoms with Crippen molar-refractivity contribution < 1.29 is 46.1 Å². The molecule has 1 atom stereocenters. The van der Waals surface area contributed by atoms with Gasteiger partial charge in [-0.25, -0.2) is 0 Å². The van der Waals surface area contributed by atoms with Crippen LogP contribution < -0.4 is 22.1 Å². The van der Waals surface area contributed by atoms with E-state index in [0.29, 0.717) is 24.3 Å². The van der Waals surface area contributed by atoms with E-state index >= 15 is 0 Å². The minimum absolute atomic E-state index is 0.0622. The van der Waals surface area contributed by atoms with E-state index in [4.69, 9.17) is 11.5 Å². The number of rotatable bonds is 6. The highest BCUT2D eigenvalue weighted by Gasteiger charge is 2.74. The number of aliphatic hydroxyl groups excluding tert-OH is 1. The average Bonchev–Trinajstić information content (AvgIpc) is 2.91. The lowest BCUT2D eigenvalue weighted by atomic mass is 9.66. The predicted molar refractivity (Wildman–Crippen MR) is 146 cm³/mol. The molecule has 43 heavy (non-hydrogen) atoms. The largest absolute Gasteiger partial charge is 0.506 e. The first-order chi connectivity index (χ1) is 20.0. The maximum absolute atomic E-state index is 14.8. The molecule has 1 aliphatic carbocycles. The Bertz CT molecular complexity index is 1620. The summed E-state index contributed by atoms with van der Waals surface area (Å²) in [6.07, 6.45) is -11.7. The molecule has 1 unspecified atom stereocenters. The SMILES string of the molecule is Nc1cccc(C(=O)NC2=CC(C(c3ccc(O)c(NC(=O)c4cccc(N)c4)c3)(C(F)(F)F)C(F)(F)F)CC=C2O)c1. The van der Waals surface area contributed by atoms with Crippen molar-refractivity contribution >= 4 is 28.9 Å². The van der Waals surface area contributed by atoms with Gasteiger partial charge in [0.25, 0.3) is 11.8 Å². The van der Waals surface area contributed by atoms with Crippen molar-refractivity contribution in [2.75, 3.05) is 16.8 Å². The second-order valence-electron chi connectivity index (χ2n) is 9.71. The number of allylic oxidation sites excluding steroid dienone is 2. The number of phenolic OH excluding ortho intramolecular Hbond substituents is 1. The van der Waals surface area contributed by atoms with Gasteiger partial charge in [0.15, 0.2) is 5.41 Å². The van der Waals surface area contributed by atoms with Gasteiger partial charge in [0, 0.05) is 28.4 Å². The molecule has 2 amide bonds. The van der Waals surface area contributed by atoms with Crippen molar-refractivity contribution in [3.8, 4) is 5.75 Å². The van der Waals surface area contributed by atoms with E-state index < -0.39 is 70.4 Å². The van der Waals surface area contributed by atoms with Crippen molar-refractivity contribution in [1.82, 2.24) is 5.32 Å². The first-order valence-corrected chi connectivity index (χ1v) is 12.5. The minimum Gasteiger partial charge on any atom is -0.506 e. The Morgan fingerprint density at radius 2 is 1.30 bits per heavy atom. The highest BCUT2D eigenvalue weighted by atomic mass is 19.4. The number of alkyl halides is 6. The minimum atomic E-state index is -6.00. The molecule has 3 aromatic carbocycles. The maximum atomic E-state index is 14.8. The third kappa shape index (κ3) is 5.94. The first kappa shape index (κ1) is 30.8. The average molecular weight is 607 g/mol. The Kier molecular flexibility index (Phi) is 8.07. The van der Waals surface area contributed by atoms with Gasteiger partial charge in [0.2, 0.25) is 0 Å². The summed E-state index contributed by atoms with van der Waals surface area (Å²) in [5, 5.41) is 24.8. The van der Waals surface area contributed by atoms with Crippen LogP contribution in [0.3, 0.4) is 0 Å². The fourth-order valence-corrected chi connectivity index (χ4v) is 4.86. The smallest absolute Gasteiger partial charge is 0.407 e. The van der Waals surface area contributed by atoms with Gasteiger partial charge in [-0.1, -0.05) is 24.3 Å². The Morgan fingerprint density at radius 1 is 0.767 bits per heavy atom. The van der Waals surface area contributed by atoms with Gasteiger partial charge in [-0.2, -0.15) is 26.3 Å². The number of nitrogens with two attached hydrogens (primary N) is 2. The van der Waals surface area contributed by atoms with Gasteiger partial charge in [-0.3, -0.25) is 9.59 Å². The lowest BCUT2D eigenvalue weighted by Crippen LogP contribution is -2.58. The number of halogens is 6. The summed E-state index contributed by atoms with van der Waals surface area (Å²) in [6.45, 7) is 0. The van der Waals surface area contributed by atoms with Crippen LogP contribution in [0.25, 0.3) is 0 Å². The zero-order valence-electron chi connectivity index (χ0n) is 21.9. The van der Waals surface area contributed by atoms with Gasteiger partial charge in [-0.05, 0) is 66.6 Å². The molecule has 0 saturated heterocycles. The zero-order chi connectivity index (χ0) is 31.7. The van der Waals surface area contributed by atoms with Crippen LogP contribution in [0.5, 0.6) is 5.75 Å². The summed E-state index contributed by atoms with van der Waals surface area (Å²) in [4.78, 5) is 25.4. The number of carbonyl (C=O) groups is 2. The van der Waals surface area contributed by atoms with Gasteiger partial charge >= 0.3 is 12.4 Å². The molecule has 8 N–H and O–H groups in total. The number of amides is 2. The molecule has 0 fully saturated rings. The number of hydrogen-bond acceptors (Lipinski definition) is 6. The number of nitrogens with one attached hydrogen (secondary N) is 2. The molecule has 0 saturated carbocycles. The molecule has 0 heterocycles. The van der Waals surface area contributed by atoms with Crippen LogP contribution in [0, 0.1) is 5.92 Å². The summed E-state index contributed by atoms with van der Waals surface area (Å²) >= 11 is 0. The summed E-state index contributed by atoms with van der Waals surface area (Å²) in [6, 6.07) is 12.2. The summed E-state index contributed by atoms with van der Waals surface area (Å²) in [5.41, 5.74) is 4.08. The van der Waals surface area contributed by atoms with Crippen LogP contribution in [0.2, 0.25) is 0 Å². The molecule has 1 aliphatic rings. The molecular formula is C29H24F6N4O4. The fraction of sp³-hybridized carbons (Fsp3) is 0.172. The van der Waals surface area contributed by atoms with Crippen molar-refractivity contribution in [3.05, 3.63) is 107 Å². The molecule has 226 valence electrons. The maximum Gasteiger partial charge on any atom is 0.407 e. The van der Waals surface area contributed by atoms with Gasteiger partial charge in [0.05, 0.1) is 11.4 Å². The van der Waals surface area contributed by atoms with E-state index in [-0.39, 0.29) is 22.5 Å². The van der Waals surface area contributed by atoms with Crippen LogP contribution in [0.4, 0.5) is 43.4 Å². The van der Waals surface area contributed by atoms with Crippen molar-refractivity contribution in [2.24, 2.45) is 5.92 Å². The van der Waals surface area contributed by atoms with E-state index in [9.17, 15) is 46.1 Å². The van der Waals surface area contributed by atoms with Crippen LogP contribution in [-0.2, 0) is 5.41 Å². The number of anilines is 3. The second-order valence-corrected chi connectivity index (χ2v) is 9.71. The first-order valence-electron chi connectivity index (χ1n) is 12.5. The van der Waals surface area contributed by atoms with Crippen LogP contribution in [0.1, 0.15) is 32.7 Å². The summed E-state index contributed by atoms with van der Waals surface area (Å²) in [7, 11) is 0. The molecule has 3 aromatic rings. The van der Waals surface area contributed by atoms with E-state index in [1.165, 1.54) is 48.5 Å². The molecule has 0 aliphatic heterocycles. The Balaban J connectivity index is 1.81. The zero-order valence-corrected chi connectivity index (χ0v) is 21.9. The number of benzene rings is 3. The predicted octanol–water partition coefficient (Wildman–Crippen LogP) is 5.95. The number of phenols is 1. The lowest BCUT2D eigenvalue weighted by molar-refractivity contribution is -0.314. The Labute approximate surface area is 240 Å². The van der Waals surface area contributed by atoms with E-state index in [2.05, 4.69) is 10.6 Å². The van der Waals surface area contributed by atoms with Crippen LogP contribution >= 0.6 is 0 Å². The number of aliphatic hydroxyl groups is 1. The van der Waals surface area contributed by atoms with Crippen LogP contribution in [-0.4, -0.2) is 34.4 Å². The highest BCUT2D eigenvalue weighted by molar-refractivity contribution is 6.05. The number of carbonyl (C=O) groups excluding carboxylic acids is 2. The number of aromatic hydroxyl groups is 1. The van der Waals surface area contributed by atoms with Gasteiger partial charge in [-0.15, -0.1) is 0 Å². The molecule has 0 radical (unpaired) electrons. The third-order valence-electron chi connectivity index (χ3n) is 6.91. The topological polar surface area (TPSA) is 151 Å². The van der Waals surface area contributed by atoms with Crippen molar-refractivity contribution in [3.63, 3.8) is 0 Å². The molecule has 4 rings (SSSR count). The van der Waals surface area contributed by atoms with Gasteiger partial charge < -0.3 is 32.3 Å². The van der Waals surface area contributed by atoms with E-state index in [1.54, 1.807) is 0 Å². The molecule has 0 spiro atoms. The molecule has 0 aromatic heterocycles. The number of nitrogen functional groups attached to an aromatic ring is 2. The van der Waals surface area contributed by atoms with E-state index in [0.717, 1.165) is 6.08 Å². The second kappa shape index (κ2) is 11.3. The number of hydrogen-bond donors (Lipinski definition) is 6. The summed E-state index contributed by atoms with van der Waals surface area (Å²) < 4.78 is 89.1. The fourth-order valence-electron chi connectivity index (χ4n) is 4.86. The monoisotopic (exact) mass is 606 g/mol. The van der Waals surface area contributed by atoms with Crippen molar-refractivity contribution in [2.45, 2.75) is 24.2 Å². The highest BCUT2D eigenvalue weighted by Crippen LogP contribution is 2.59. The molecular weight excluding hydrogens is 582 g/mol. The molecule has 0 bridgehead atoms. The third-order valence-corrected chi connectivity index (χ3v) is 6.91. The standard InChI is InChI=1S/C29H24F6N4O4/c30-28(31,32)27(29(33,34)35,17-7-9-23(40)21(13-17)38-25(42)15-3-1-5-19(36)11-15)18-8-10-24(41)22(14-18)39-26(43)16-4-2-6-20(37)12-16/h1-7,9-14,18,40-41H,8,36-37H2,(H,38,42)(H,39,43). The van der Waals surface area contributed by atoms with Gasteiger partial charge in [0.1, 0.15) is 11.5 Å². The Morgan fingerprint density at radius 3 is 1.81 bits per heavy atom. The van der Waals surface area contributed by atoms with Crippen LogP contribution in [0.15, 0.2) is 90.3 Å². The normalized spacial score (nSPS) is 15.7.